The van der Waals surface area contributed by atoms with Crippen LogP contribution in [0.15, 0.2) is 41.0 Å². The molecule has 0 radical (unpaired) electrons. The number of pyridine rings is 1. The topological polar surface area (TPSA) is 22.1 Å². The van der Waals surface area contributed by atoms with Gasteiger partial charge in [0.15, 0.2) is 5.82 Å². The fourth-order valence-electron chi connectivity index (χ4n) is 1.09. The summed E-state index contributed by atoms with van der Waals surface area (Å²) in [5, 5.41) is 0. The number of nitrogens with zero attached hydrogens (tertiary/aromatic N) is 1. The van der Waals surface area contributed by atoms with E-state index >= 15 is 0 Å². The van der Waals surface area contributed by atoms with E-state index in [2.05, 4.69) is 20.9 Å². The Labute approximate surface area is 99.0 Å². The van der Waals surface area contributed by atoms with Crippen LogP contribution in [-0.4, -0.2) is 4.98 Å². The van der Waals surface area contributed by atoms with Crippen molar-refractivity contribution in [2.24, 2.45) is 0 Å². The van der Waals surface area contributed by atoms with Gasteiger partial charge >= 0.3 is 0 Å². The van der Waals surface area contributed by atoms with Crippen LogP contribution in [0.2, 0.25) is 0 Å². The van der Waals surface area contributed by atoms with Gasteiger partial charge in [-0.1, -0.05) is 15.9 Å². The monoisotopic (exact) mass is 285 g/mol. The molecule has 0 saturated heterocycles. The molecular weight excluding hydrogens is 280 g/mol. The van der Waals surface area contributed by atoms with Crippen LogP contribution in [0.3, 0.4) is 0 Å². The predicted molar refractivity (Wildman–Crippen MR) is 58.4 cm³/mol. The van der Waals surface area contributed by atoms with Crippen LogP contribution in [0.5, 0.6) is 11.6 Å². The maximum absolute atomic E-state index is 13.2. The van der Waals surface area contributed by atoms with Crippen LogP contribution in [-0.2, 0) is 0 Å². The maximum Gasteiger partial charge on any atom is 0.256 e. The van der Waals surface area contributed by atoms with Crippen LogP contribution < -0.4 is 4.74 Å². The molecular formula is C11H6BrF2NO. The molecule has 2 aromatic rings. The number of rotatable bonds is 2. The zero-order valence-electron chi connectivity index (χ0n) is 7.95. The van der Waals surface area contributed by atoms with E-state index in [1.807, 2.05) is 0 Å². The van der Waals surface area contributed by atoms with E-state index in [0.717, 1.165) is 16.7 Å². The van der Waals surface area contributed by atoms with Crippen LogP contribution in [0.1, 0.15) is 0 Å². The van der Waals surface area contributed by atoms with E-state index in [-0.39, 0.29) is 5.88 Å². The Hall–Kier alpha value is -1.49. The average Bonchev–Trinajstić information content (AvgIpc) is 2.25. The molecule has 0 aliphatic rings. The highest BCUT2D eigenvalue weighted by Gasteiger charge is 2.07. The zero-order valence-corrected chi connectivity index (χ0v) is 9.54. The molecule has 0 amide bonds. The van der Waals surface area contributed by atoms with Crippen LogP contribution in [0, 0.1) is 11.6 Å². The number of halogens is 3. The Bertz CT molecular complexity index is 502. The summed E-state index contributed by atoms with van der Waals surface area (Å²) in [6, 6.07) is 7.51. The summed E-state index contributed by atoms with van der Waals surface area (Å²) in [6.45, 7) is 0. The molecule has 0 fully saturated rings. The van der Waals surface area contributed by atoms with Gasteiger partial charge in [-0.05, 0) is 24.3 Å². The highest BCUT2D eigenvalue weighted by Crippen LogP contribution is 2.23. The fourth-order valence-corrected chi connectivity index (χ4v) is 1.36. The Morgan fingerprint density at radius 1 is 1.12 bits per heavy atom. The molecule has 0 spiro atoms. The molecule has 0 aliphatic carbocycles. The summed E-state index contributed by atoms with van der Waals surface area (Å²) in [6.07, 6.45) is 0.900. The van der Waals surface area contributed by atoms with Crippen molar-refractivity contribution < 1.29 is 13.5 Å². The van der Waals surface area contributed by atoms with Gasteiger partial charge in [0.05, 0.1) is 6.20 Å². The predicted octanol–water partition coefficient (Wildman–Crippen LogP) is 3.91. The van der Waals surface area contributed by atoms with Crippen molar-refractivity contribution in [2.75, 3.05) is 0 Å². The standard InChI is InChI=1S/C11H6BrF2NO/c12-7-1-3-9(4-2-7)16-11-10(14)5-8(13)6-15-11/h1-6H. The summed E-state index contributed by atoms with van der Waals surface area (Å²) in [5.74, 6) is -1.38. The number of benzene rings is 1. The lowest BCUT2D eigenvalue weighted by molar-refractivity contribution is 0.416. The van der Waals surface area contributed by atoms with Crippen molar-refractivity contribution >= 4 is 15.9 Å². The minimum Gasteiger partial charge on any atom is -0.436 e. The van der Waals surface area contributed by atoms with E-state index in [4.69, 9.17) is 4.74 Å². The second-order valence-electron chi connectivity index (χ2n) is 3.00. The maximum atomic E-state index is 13.2. The third-order valence-corrected chi connectivity index (χ3v) is 2.33. The Kier molecular flexibility index (Phi) is 3.14. The van der Waals surface area contributed by atoms with Gasteiger partial charge in [-0.2, -0.15) is 0 Å². The molecule has 0 unspecified atom stereocenters. The lowest BCUT2D eigenvalue weighted by Gasteiger charge is -2.05. The Balaban J connectivity index is 2.23. The molecule has 5 heteroatoms. The summed E-state index contributed by atoms with van der Waals surface area (Å²) in [5.41, 5.74) is 0. The molecule has 16 heavy (non-hydrogen) atoms. The summed E-state index contributed by atoms with van der Waals surface area (Å²) < 4.78 is 31.8. The van der Waals surface area contributed by atoms with E-state index in [1.54, 1.807) is 24.3 Å². The van der Waals surface area contributed by atoms with Gasteiger partial charge in [0.25, 0.3) is 5.88 Å². The van der Waals surface area contributed by atoms with Crippen LogP contribution >= 0.6 is 15.9 Å². The van der Waals surface area contributed by atoms with Gasteiger partial charge in [0.1, 0.15) is 11.6 Å². The molecule has 0 saturated carbocycles. The zero-order chi connectivity index (χ0) is 11.5. The highest BCUT2D eigenvalue weighted by atomic mass is 79.9. The molecule has 2 rings (SSSR count). The first-order chi connectivity index (χ1) is 7.65. The van der Waals surface area contributed by atoms with Crippen molar-refractivity contribution in [1.29, 1.82) is 0 Å². The van der Waals surface area contributed by atoms with Crippen molar-refractivity contribution in [2.45, 2.75) is 0 Å². The quantitative estimate of drug-likeness (QED) is 0.835. The molecule has 0 atom stereocenters. The molecule has 0 aliphatic heterocycles. The van der Waals surface area contributed by atoms with Gasteiger partial charge < -0.3 is 4.74 Å². The van der Waals surface area contributed by atoms with E-state index < -0.39 is 11.6 Å². The number of aromatic nitrogens is 1. The van der Waals surface area contributed by atoms with Gasteiger partial charge in [-0.15, -0.1) is 0 Å². The molecule has 2 nitrogen and oxygen atoms in total. The number of hydrogen-bond donors (Lipinski definition) is 0. The van der Waals surface area contributed by atoms with Gasteiger partial charge in [-0.25, -0.2) is 13.8 Å². The number of hydrogen-bond acceptors (Lipinski definition) is 2. The normalized spacial score (nSPS) is 10.2. The summed E-state index contributed by atoms with van der Waals surface area (Å²) in [4.78, 5) is 3.51. The minimum atomic E-state index is -0.831. The Morgan fingerprint density at radius 3 is 2.44 bits per heavy atom. The van der Waals surface area contributed by atoms with E-state index in [0.29, 0.717) is 5.75 Å². The average molecular weight is 286 g/mol. The lowest BCUT2D eigenvalue weighted by Crippen LogP contribution is -1.92. The van der Waals surface area contributed by atoms with Crippen LogP contribution in [0.4, 0.5) is 8.78 Å². The van der Waals surface area contributed by atoms with Crippen molar-refractivity contribution in [1.82, 2.24) is 4.98 Å². The highest BCUT2D eigenvalue weighted by molar-refractivity contribution is 9.10. The third-order valence-electron chi connectivity index (χ3n) is 1.80. The minimum absolute atomic E-state index is 0.247. The first-order valence-electron chi connectivity index (χ1n) is 4.39. The molecule has 1 aromatic carbocycles. The second-order valence-corrected chi connectivity index (χ2v) is 3.91. The molecule has 1 aromatic heterocycles. The molecule has 82 valence electrons. The smallest absolute Gasteiger partial charge is 0.256 e. The Morgan fingerprint density at radius 2 is 1.81 bits per heavy atom. The van der Waals surface area contributed by atoms with Gasteiger partial charge in [0.2, 0.25) is 0 Å². The molecule has 1 heterocycles. The first-order valence-corrected chi connectivity index (χ1v) is 5.19. The third kappa shape index (κ3) is 2.55. The van der Waals surface area contributed by atoms with E-state index in [9.17, 15) is 8.78 Å². The molecule has 0 N–H and O–H groups in total. The summed E-state index contributed by atoms with van der Waals surface area (Å²) >= 11 is 3.26. The van der Waals surface area contributed by atoms with Crippen molar-refractivity contribution in [3.8, 4) is 11.6 Å². The number of ether oxygens (including phenoxy) is 1. The first kappa shape index (κ1) is 11.0. The van der Waals surface area contributed by atoms with Crippen molar-refractivity contribution in [3.63, 3.8) is 0 Å². The lowest BCUT2D eigenvalue weighted by atomic mass is 10.3. The SMILES string of the molecule is Fc1cnc(Oc2ccc(Br)cc2)c(F)c1. The molecule has 0 bridgehead atoms. The van der Waals surface area contributed by atoms with Crippen LogP contribution in [0.25, 0.3) is 0 Å². The van der Waals surface area contributed by atoms with Gasteiger partial charge in [0, 0.05) is 10.5 Å². The van der Waals surface area contributed by atoms with E-state index in [1.165, 1.54) is 0 Å². The fraction of sp³-hybridized carbons (Fsp3) is 0. The largest absolute Gasteiger partial charge is 0.436 e. The second kappa shape index (κ2) is 4.57. The summed E-state index contributed by atoms with van der Waals surface area (Å²) in [7, 11) is 0. The van der Waals surface area contributed by atoms with Crippen molar-refractivity contribution in [3.05, 3.63) is 52.6 Å². The van der Waals surface area contributed by atoms with Gasteiger partial charge in [-0.3, -0.25) is 0 Å².